The van der Waals surface area contributed by atoms with E-state index in [0.717, 1.165) is 38.5 Å². The zero-order valence-electron chi connectivity index (χ0n) is 39.7. The molecule has 0 saturated carbocycles. The van der Waals surface area contributed by atoms with Crippen molar-refractivity contribution in [3.05, 3.63) is 24.3 Å². The number of phosphoric acid groups is 1. The molecule has 8 nitrogen and oxygen atoms in total. The molecule has 0 aromatic heterocycles. The lowest BCUT2D eigenvalue weighted by Crippen LogP contribution is -2.37. The Labute approximate surface area is 366 Å². The fraction of sp³-hybridized carbons (Fsp3) is 0.900. The van der Waals surface area contributed by atoms with Gasteiger partial charge in [-0.3, -0.25) is 9.36 Å². The minimum atomic E-state index is -4.53. The largest absolute Gasteiger partial charge is 0.756 e. The van der Waals surface area contributed by atoms with E-state index in [2.05, 4.69) is 38.2 Å². The van der Waals surface area contributed by atoms with Crippen molar-refractivity contribution in [3.8, 4) is 0 Å². The lowest BCUT2D eigenvalue weighted by molar-refractivity contribution is -0.870. The Morgan fingerprint density at radius 2 is 0.932 bits per heavy atom. The molecule has 0 aromatic carbocycles. The Kier molecular flexibility index (Phi) is 42.9. The highest BCUT2D eigenvalue weighted by molar-refractivity contribution is 7.45. The van der Waals surface area contributed by atoms with Gasteiger partial charge in [-0.2, -0.15) is 0 Å². The van der Waals surface area contributed by atoms with Crippen LogP contribution in [0.3, 0.4) is 0 Å². The van der Waals surface area contributed by atoms with E-state index in [1.165, 1.54) is 173 Å². The van der Waals surface area contributed by atoms with Crippen LogP contribution in [-0.2, 0) is 27.9 Å². The van der Waals surface area contributed by atoms with Crippen molar-refractivity contribution >= 4 is 13.8 Å². The zero-order chi connectivity index (χ0) is 43.4. The van der Waals surface area contributed by atoms with Crippen molar-refractivity contribution < 1.29 is 37.3 Å². The molecule has 0 radical (unpaired) electrons. The molecule has 0 aliphatic rings. The van der Waals surface area contributed by atoms with Gasteiger partial charge >= 0.3 is 5.97 Å². The number of nitrogens with zero attached hydrogens (tertiary/aromatic N) is 1. The van der Waals surface area contributed by atoms with Crippen LogP contribution in [0.25, 0.3) is 0 Å². The minimum Gasteiger partial charge on any atom is -0.756 e. The zero-order valence-corrected chi connectivity index (χ0v) is 40.6. The van der Waals surface area contributed by atoms with Gasteiger partial charge in [-0.25, -0.2) is 0 Å². The molecule has 2 unspecified atom stereocenters. The summed E-state index contributed by atoms with van der Waals surface area (Å²) in [6.07, 6.45) is 50.5. The average Bonchev–Trinajstić information content (AvgIpc) is 3.19. The first-order valence-corrected chi connectivity index (χ1v) is 26.5. The SMILES string of the molecule is CCCCCC/C=C\C/C=C\CCCCCCCCCCOCC(COP(=O)([O-])OCC[N+](C)(C)C)OC(=O)CCCCCCCCCCCCCCCCCCCC. The number of rotatable bonds is 47. The summed E-state index contributed by atoms with van der Waals surface area (Å²) in [7, 11) is 1.36. The van der Waals surface area contributed by atoms with Crippen LogP contribution in [0.2, 0.25) is 0 Å². The molecule has 350 valence electrons. The maximum absolute atomic E-state index is 12.7. The van der Waals surface area contributed by atoms with Crippen molar-refractivity contribution in [3.63, 3.8) is 0 Å². The quantitative estimate of drug-likeness (QED) is 0.0198. The predicted molar refractivity (Wildman–Crippen MR) is 250 cm³/mol. The van der Waals surface area contributed by atoms with Crippen molar-refractivity contribution in [2.45, 2.75) is 238 Å². The average molecular weight is 856 g/mol. The summed E-state index contributed by atoms with van der Waals surface area (Å²) < 4.78 is 34.7. The van der Waals surface area contributed by atoms with Gasteiger partial charge in [0.25, 0.3) is 7.82 Å². The van der Waals surface area contributed by atoms with Crippen molar-refractivity contribution in [1.82, 2.24) is 0 Å². The van der Waals surface area contributed by atoms with Gasteiger partial charge in [-0.1, -0.05) is 205 Å². The number of hydrogen-bond acceptors (Lipinski definition) is 7. The monoisotopic (exact) mass is 856 g/mol. The number of unbranched alkanes of at least 4 members (excludes halogenated alkanes) is 29. The lowest BCUT2D eigenvalue weighted by Gasteiger charge is -2.28. The third-order valence-electron chi connectivity index (χ3n) is 11.0. The van der Waals surface area contributed by atoms with Crippen molar-refractivity contribution in [2.24, 2.45) is 0 Å². The third-order valence-corrected chi connectivity index (χ3v) is 12.0. The van der Waals surface area contributed by atoms with Crippen LogP contribution in [0.5, 0.6) is 0 Å². The molecule has 0 rings (SSSR count). The second-order valence-corrected chi connectivity index (χ2v) is 19.6. The minimum absolute atomic E-state index is 0.0271. The summed E-state index contributed by atoms with van der Waals surface area (Å²) >= 11 is 0. The van der Waals surface area contributed by atoms with Gasteiger partial charge in [-0.05, 0) is 44.9 Å². The molecule has 0 saturated heterocycles. The van der Waals surface area contributed by atoms with Gasteiger partial charge in [0, 0.05) is 13.0 Å². The van der Waals surface area contributed by atoms with E-state index < -0.39 is 13.9 Å². The highest BCUT2D eigenvalue weighted by Gasteiger charge is 2.20. The first-order valence-electron chi connectivity index (χ1n) is 25.1. The van der Waals surface area contributed by atoms with Gasteiger partial charge in [0.2, 0.25) is 0 Å². The molecule has 0 aliphatic heterocycles. The summed E-state index contributed by atoms with van der Waals surface area (Å²) in [5.41, 5.74) is 0. The van der Waals surface area contributed by atoms with Crippen molar-refractivity contribution in [1.29, 1.82) is 0 Å². The van der Waals surface area contributed by atoms with Gasteiger partial charge in [0.15, 0.2) is 0 Å². The van der Waals surface area contributed by atoms with E-state index in [4.69, 9.17) is 18.5 Å². The van der Waals surface area contributed by atoms with Crippen LogP contribution < -0.4 is 4.89 Å². The fourth-order valence-corrected chi connectivity index (χ4v) is 7.84. The summed E-state index contributed by atoms with van der Waals surface area (Å²) in [6, 6.07) is 0. The van der Waals surface area contributed by atoms with E-state index in [-0.39, 0.29) is 25.8 Å². The highest BCUT2D eigenvalue weighted by atomic mass is 31.2. The molecular formula is C50H98NO7P. The predicted octanol–water partition coefficient (Wildman–Crippen LogP) is 14.5. The number of quaternary nitrogens is 1. The molecule has 0 amide bonds. The van der Waals surface area contributed by atoms with E-state index in [0.29, 0.717) is 24.1 Å². The molecule has 0 N–H and O–H groups in total. The third kappa shape index (κ3) is 47.9. The number of phosphoric ester groups is 1. The van der Waals surface area contributed by atoms with Crippen LogP contribution >= 0.6 is 7.82 Å². The summed E-state index contributed by atoms with van der Waals surface area (Å²) in [6.45, 7) is 5.43. The molecule has 2 atom stereocenters. The first-order chi connectivity index (χ1) is 28.6. The smallest absolute Gasteiger partial charge is 0.306 e. The summed E-state index contributed by atoms with van der Waals surface area (Å²) in [5, 5.41) is 0. The number of allylic oxidation sites excluding steroid dienone is 4. The molecule has 0 spiro atoms. The number of hydrogen-bond donors (Lipinski definition) is 0. The highest BCUT2D eigenvalue weighted by Crippen LogP contribution is 2.38. The Balaban J connectivity index is 4.14. The van der Waals surface area contributed by atoms with Crippen LogP contribution in [0.15, 0.2) is 24.3 Å². The Bertz CT molecular complexity index is 998. The topological polar surface area (TPSA) is 94.1 Å². The molecule has 9 heteroatoms. The van der Waals surface area contributed by atoms with Gasteiger partial charge < -0.3 is 27.9 Å². The number of ether oxygens (including phenoxy) is 2. The van der Waals surface area contributed by atoms with Gasteiger partial charge in [-0.15, -0.1) is 0 Å². The maximum atomic E-state index is 12.7. The molecule has 0 bridgehead atoms. The summed E-state index contributed by atoms with van der Waals surface area (Å²) in [5.74, 6) is -0.331. The van der Waals surface area contributed by atoms with Crippen LogP contribution in [-0.4, -0.2) is 70.7 Å². The molecule has 59 heavy (non-hydrogen) atoms. The Hall–Kier alpha value is -1.02. The lowest BCUT2D eigenvalue weighted by atomic mass is 10.0. The molecule has 0 aromatic rings. The normalized spacial score (nSPS) is 13.8. The number of carbonyl (C=O) groups is 1. The molecule has 0 fully saturated rings. The Morgan fingerprint density at radius 1 is 0.525 bits per heavy atom. The van der Waals surface area contributed by atoms with E-state index in [1.54, 1.807) is 0 Å². The van der Waals surface area contributed by atoms with Crippen LogP contribution in [0, 0.1) is 0 Å². The number of carbonyl (C=O) groups excluding carboxylic acids is 1. The molecular weight excluding hydrogens is 758 g/mol. The van der Waals surface area contributed by atoms with E-state index >= 15 is 0 Å². The standard InChI is InChI=1S/C50H98NO7P/c1-6-8-10-12-14-16-18-20-22-24-26-28-30-32-34-36-38-40-42-45-55-47-49(48-57-59(53,54)56-46-44-51(3,4)5)58-50(52)43-41-39-37-35-33-31-29-27-25-23-21-19-17-15-13-11-9-7-2/h16,18,22,24,49H,6-15,17,19-21,23,25-48H2,1-5H3/b18-16-,24-22-. The Morgan fingerprint density at radius 3 is 1.39 bits per heavy atom. The molecule has 0 aliphatic carbocycles. The molecule has 0 heterocycles. The van der Waals surface area contributed by atoms with Crippen LogP contribution in [0.4, 0.5) is 0 Å². The van der Waals surface area contributed by atoms with Gasteiger partial charge in [0.1, 0.15) is 19.3 Å². The first kappa shape index (κ1) is 58.0. The van der Waals surface area contributed by atoms with E-state index in [1.807, 2.05) is 21.1 Å². The van der Waals surface area contributed by atoms with Crippen molar-refractivity contribution in [2.75, 3.05) is 54.1 Å². The number of esters is 1. The summed E-state index contributed by atoms with van der Waals surface area (Å²) in [4.78, 5) is 25.1. The maximum Gasteiger partial charge on any atom is 0.306 e. The fourth-order valence-electron chi connectivity index (χ4n) is 7.11. The second kappa shape index (κ2) is 43.6. The second-order valence-electron chi connectivity index (χ2n) is 18.2. The van der Waals surface area contributed by atoms with Gasteiger partial charge in [0.05, 0.1) is 34.4 Å². The number of likely N-dealkylation sites (N-methyl/N-ethyl adjacent to an activating group) is 1. The van der Waals surface area contributed by atoms with E-state index in [9.17, 15) is 14.3 Å². The van der Waals surface area contributed by atoms with Crippen LogP contribution in [0.1, 0.15) is 232 Å².